The van der Waals surface area contributed by atoms with Crippen LogP contribution < -0.4 is 0 Å². The second kappa shape index (κ2) is 4.53. The van der Waals surface area contributed by atoms with Crippen LogP contribution in [0, 0.1) is 0 Å². The minimum Gasteiger partial charge on any atom is -0.395 e. The Hall–Kier alpha value is -1.55. The summed E-state index contributed by atoms with van der Waals surface area (Å²) in [5, 5.41) is 8.88. The number of hydrogen-bond donors (Lipinski definition) is 1. The Labute approximate surface area is 95.1 Å². The maximum absolute atomic E-state index is 11.8. The topological polar surface area (TPSA) is 43.8 Å². The van der Waals surface area contributed by atoms with Gasteiger partial charge in [0.15, 0.2) is 0 Å². The number of urea groups is 1. The number of nitrogens with zero attached hydrogens (tertiary/aromatic N) is 2. The molecule has 1 aliphatic rings. The van der Waals surface area contributed by atoms with E-state index in [9.17, 15) is 4.79 Å². The average molecular weight is 220 g/mol. The third-order valence-corrected chi connectivity index (χ3v) is 2.99. The van der Waals surface area contributed by atoms with Gasteiger partial charge in [-0.05, 0) is 5.56 Å². The van der Waals surface area contributed by atoms with Crippen LogP contribution in [-0.2, 0) is 0 Å². The third-order valence-electron chi connectivity index (χ3n) is 2.99. The van der Waals surface area contributed by atoms with E-state index >= 15 is 0 Å². The van der Waals surface area contributed by atoms with Gasteiger partial charge in [-0.1, -0.05) is 30.3 Å². The summed E-state index contributed by atoms with van der Waals surface area (Å²) in [7, 11) is 1.80. The molecule has 0 spiro atoms. The van der Waals surface area contributed by atoms with Gasteiger partial charge in [0, 0.05) is 20.1 Å². The van der Waals surface area contributed by atoms with Gasteiger partial charge in [-0.3, -0.25) is 0 Å². The van der Waals surface area contributed by atoms with E-state index in [4.69, 9.17) is 5.11 Å². The van der Waals surface area contributed by atoms with Gasteiger partial charge in [0.25, 0.3) is 0 Å². The van der Waals surface area contributed by atoms with Crippen molar-refractivity contribution < 1.29 is 9.90 Å². The van der Waals surface area contributed by atoms with Crippen LogP contribution in [0.2, 0.25) is 0 Å². The zero-order valence-electron chi connectivity index (χ0n) is 9.34. The van der Waals surface area contributed by atoms with E-state index in [2.05, 4.69) is 0 Å². The molecule has 0 aromatic heterocycles. The Bertz CT molecular complexity index is 367. The second-order valence-corrected chi connectivity index (χ2v) is 3.99. The Morgan fingerprint density at radius 2 is 2.06 bits per heavy atom. The van der Waals surface area contributed by atoms with Crippen molar-refractivity contribution in [2.75, 3.05) is 26.7 Å². The first-order valence-electron chi connectivity index (χ1n) is 5.41. The molecule has 86 valence electrons. The lowest BCUT2D eigenvalue weighted by Crippen LogP contribution is -2.31. The number of benzene rings is 1. The van der Waals surface area contributed by atoms with Gasteiger partial charge in [-0.25, -0.2) is 4.79 Å². The fraction of sp³-hybridized carbons (Fsp3) is 0.417. The second-order valence-electron chi connectivity index (χ2n) is 3.99. The molecule has 1 unspecified atom stereocenters. The molecule has 1 fully saturated rings. The van der Waals surface area contributed by atoms with Crippen LogP contribution in [0.5, 0.6) is 0 Å². The molecule has 4 nitrogen and oxygen atoms in total. The quantitative estimate of drug-likeness (QED) is 0.828. The number of aliphatic hydroxyl groups is 1. The normalized spacial score (nSPS) is 20.6. The van der Waals surface area contributed by atoms with Crippen molar-refractivity contribution in [2.24, 2.45) is 0 Å². The van der Waals surface area contributed by atoms with Gasteiger partial charge in [0.05, 0.1) is 12.6 Å². The van der Waals surface area contributed by atoms with Crippen LogP contribution in [-0.4, -0.2) is 47.7 Å². The van der Waals surface area contributed by atoms with Crippen molar-refractivity contribution in [2.45, 2.75) is 6.04 Å². The Morgan fingerprint density at radius 3 is 2.69 bits per heavy atom. The molecule has 2 rings (SSSR count). The standard InChI is InChI=1S/C12H16N2O2/c1-13-11(10-5-3-2-4-6-10)9-14(7-8-15)12(13)16/h2-6,11,15H,7-9H2,1H3. The number of carbonyl (C=O) groups excluding carboxylic acids is 1. The summed E-state index contributed by atoms with van der Waals surface area (Å²) in [6.45, 7) is 1.08. The van der Waals surface area contributed by atoms with Crippen LogP contribution in [0.15, 0.2) is 30.3 Å². The molecule has 0 bridgehead atoms. The molecule has 1 aromatic rings. The first-order valence-corrected chi connectivity index (χ1v) is 5.41. The molecule has 1 aromatic carbocycles. The highest BCUT2D eigenvalue weighted by atomic mass is 16.3. The molecular weight excluding hydrogens is 204 g/mol. The van der Waals surface area contributed by atoms with Crippen LogP contribution >= 0.6 is 0 Å². The number of rotatable bonds is 3. The fourth-order valence-corrected chi connectivity index (χ4v) is 2.08. The number of amides is 2. The molecule has 0 aliphatic carbocycles. The fourth-order valence-electron chi connectivity index (χ4n) is 2.08. The molecule has 0 radical (unpaired) electrons. The molecule has 0 saturated carbocycles. The number of hydrogen-bond acceptors (Lipinski definition) is 2. The predicted molar refractivity (Wildman–Crippen MR) is 61.0 cm³/mol. The van der Waals surface area contributed by atoms with Crippen molar-refractivity contribution in [1.29, 1.82) is 0 Å². The van der Waals surface area contributed by atoms with E-state index in [-0.39, 0.29) is 18.7 Å². The zero-order chi connectivity index (χ0) is 11.5. The average Bonchev–Trinajstić information content (AvgIpc) is 2.59. The Kier molecular flexibility index (Phi) is 3.10. The van der Waals surface area contributed by atoms with Crippen molar-refractivity contribution in [3.8, 4) is 0 Å². The van der Waals surface area contributed by atoms with Gasteiger partial charge in [0.2, 0.25) is 0 Å². The van der Waals surface area contributed by atoms with Crippen molar-refractivity contribution in [1.82, 2.24) is 9.80 Å². The highest BCUT2D eigenvalue weighted by Gasteiger charge is 2.34. The maximum atomic E-state index is 11.8. The Morgan fingerprint density at radius 1 is 1.38 bits per heavy atom. The Balaban J connectivity index is 2.16. The first kappa shape index (κ1) is 11.0. The smallest absolute Gasteiger partial charge is 0.320 e. The molecule has 4 heteroatoms. The first-order chi connectivity index (χ1) is 7.74. The lowest BCUT2D eigenvalue weighted by molar-refractivity contribution is 0.182. The van der Waals surface area contributed by atoms with Gasteiger partial charge in [-0.15, -0.1) is 0 Å². The van der Waals surface area contributed by atoms with E-state index in [0.717, 1.165) is 5.56 Å². The summed E-state index contributed by atoms with van der Waals surface area (Å²) in [5.74, 6) is 0. The largest absolute Gasteiger partial charge is 0.395 e. The van der Waals surface area contributed by atoms with Crippen LogP contribution in [0.1, 0.15) is 11.6 Å². The van der Waals surface area contributed by atoms with Crippen molar-refractivity contribution >= 4 is 6.03 Å². The molecule has 1 N–H and O–H groups in total. The van der Waals surface area contributed by atoms with Gasteiger partial charge >= 0.3 is 6.03 Å². The molecule has 2 amide bonds. The SMILES string of the molecule is CN1C(=O)N(CCO)CC1c1ccccc1. The number of β-amino-alcohol motifs (C(OH)–C–C–N with tert-alkyl or cyclic N) is 1. The minimum atomic E-state index is -0.0112. The summed E-state index contributed by atoms with van der Waals surface area (Å²) in [5.41, 5.74) is 1.14. The van der Waals surface area contributed by atoms with E-state index in [1.807, 2.05) is 30.3 Å². The lowest BCUT2D eigenvalue weighted by Gasteiger charge is -2.17. The van der Waals surface area contributed by atoms with Crippen molar-refractivity contribution in [3.05, 3.63) is 35.9 Å². The molecule has 1 heterocycles. The van der Waals surface area contributed by atoms with E-state index in [1.54, 1.807) is 16.8 Å². The van der Waals surface area contributed by atoms with Crippen molar-refractivity contribution in [3.63, 3.8) is 0 Å². The number of carbonyl (C=O) groups is 1. The van der Waals surface area contributed by atoms with Crippen LogP contribution in [0.3, 0.4) is 0 Å². The van der Waals surface area contributed by atoms with E-state index in [1.165, 1.54) is 0 Å². The van der Waals surface area contributed by atoms with Crippen LogP contribution in [0.4, 0.5) is 4.79 Å². The summed E-state index contributed by atoms with van der Waals surface area (Å²) in [6.07, 6.45) is 0. The van der Waals surface area contributed by atoms with Gasteiger partial charge < -0.3 is 14.9 Å². The maximum Gasteiger partial charge on any atom is 0.320 e. The highest BCUT2D eigenvalue weighted by molar-refractivity contribution is 5.77. The van der Waals surface area contributed by atoms with Crippen LogP contribution in [0.25, 0.3) is 0 Å². The summed E-state index contributed by atoms with van der Waals surface area (Å²) < 4.78 is 0. The van der Waals surface area contributed by atoms with E-state index < -0.39 is 0 Å². The molecule has 1 aliphatic heterocycles. The molecular formula is C12H16N2O2. The van der Waals surface area contributed by atoms with Gasteiger partial charge in [0.1, 0.15) is 0 Å². The minimum absolute atomic E-state index is 0.0112. The summed E-state index contributed by atoms with van der Waals surface area (Å²) >= 11 is 0. The molecule has 16 heavy (non-hydrogen) atoms. The van der Waals surface area contributed by atoms with Gasteiger partial charge in [-0.2, -0.15) is 0 Å². The molecule has 1 atom stereocenters. The lowest BCUT2D eigenvalue weighted by atomic mass is 10.1. The summed E-state index contributed by atoms with van der Waals surface area (Å²) in [6, 6.07) is 10.0. The zero-order valence-corrected chi connectivity index (χ0v) is 9.34. The predicted octanol–water partition coefficient (Wildman–Crippen LogP) is 1.09. The number of aliphatic hydroxyl groups excluding tert-OH is 1. The molecule has 1 saturated heterocycles. The third kappa shape index (κ3) is 1.88. The summed E-state index contributed by atoms with van der Waals surface area (Å²) in [4.78, 5) is 15.2. The van der Waals surface area contributed by atoms with E-state index in [0.29, 0.717) is 13.1 Å². The monoisotopic (exact) mass is 220 g/mol. The number of likely N-dealkylation sites (N-methyl/N-ethyl adjacent to an activating group) is 1. The highest BCUT2D eigenvalue weighted by Crippen LogP contribution is 2.27.